The first-order chi connectivity index (χ1) is 12.4. The van der Waals surface area contributed by atoms with E-state index in [0.717, 1.165) is 25.3 Å². The molecule has 1 aliphatic heterocycles. The Morgan fingerprint density at radius 3 is 2.69 bits per heavy atom. The minimum atomic E-state index is -0.694. The van der Waals surface area contributed by atoms with Gasteiger partial charge in [-0.2, -0.15) is 0 Å². The van der Waals surface area contributed by atoms with Crippen LogP contribution in [0, 0.1) is 5.41 Å². The smallest absolute Gasteiger partial charge is 0.342 e. The van der Waals surface area contributed by atoms with Crippen molar-refractivity contribution < 1.29 is 19.7 Å². The van der Waals surface area contributed by atoms with E-state index in [9.17, 15) is 15.0 Å². The zero-order chi connectivity index (χ0) is 19.1. The Hall–Kier alpha value is -2.27. The van der Waals surface area contributed by atoms with E-state index in [1.54, 1.807) is 6.08 Å². The number of phenols is 2. The van der Waals surface area contributed by atoms with Gasteiger partial charge in [0.15, 0.2) is 0 Å². The fourth-order valence-electron chi connectivity index (χ4n) is 2.87. The molecule has 1 aliphatic rings. The molecule has 1 unspecified atom stereocenters. The molecule has 0 bridgehead atoms. The molecular weight excluding hydrogens is 354 g/mol. The minimum absolute atomic E-state index is 0.00993. The monoisotopic (exact) mass is 377 g/mol. The summed E-state index contributed by atoms with van der Waals surface area (Å²) in [7, 11) is 0. The average molecular weight is 378 g/mol. The third kappa shape index (κ3) is 5.11. The number of phenolic OH excluding ortho intramolecular Hbond substituents is 2. The topological polar surface area (TPSA) is 90.6 Å². The number of esters is 1. The fraction of sp³-hybridized carbons (Fsp3) is 0.400. The van der Waals surface area contributed by atoms with Crippen LogP contribution in [0.1, 0.15) is 54.9 Å². The lowest BCUT2D eigenvalue weighted by atomic mass is 9.99. The van der Waals surface area contributed by atoms with Crippen molar-refractivity contribution in [1.82, 2.24) is 0 Å². The van der Waals surface area contributed by atoms with Gasteiger partial charge in [-0.05, 0) is 30.9 Å². The van der Waals surface area contributed by atoms with Crippen molar-refractivity contribution in [3.63, 3.8) is 0 Å². The number of halogens is 1. The summed E-state index contributed by atoms with van der Waals surface area (Å²) in [5.41, 5.74) is 0.330. The van der Waals surface area contributed by atoms with Crippen LogP contribution >= 0.6 is 11.6 Å². The third-order valence-corrected chi connectivity index (χ3v) is 4.58. The maximum Gasteiger partial charge on any atom is 0.342 e. The second-order valence-corrected chi connectivity index (χ2v) is 6.67. The van der Waals surface area contributed by atoms with Gasteiger partial charge in [-0.3, -0.25) is 0 Å². The lowest BCUT2D eigenvalue weighted by Crippen LogP contribution is -2.20. The van der Waals surface area contributed by atoms with E-state index in [1.165, 1.54) is 0 Å². The Morgan fingerprint density at radius 1 is 1.23 bits per heavy atom. The predicted octanol–water partition coefficient (Wildman–Crippen LogP) is 4.94. The normalized spacial score (nSPS) is 21.4. The number of allylic oxidation sites excluding steroid dienone is 3. The summed E-state index contributed by atoms with van der Waals surface area (Å²) in [6, 6.07) is 1.03. The standard InChI is InChI=1S/C20H24ClNO4/c1-2-8-14-10-7-5-3-4-6-9-13(22)11-15-18(20(25)26-14)16(23)12-17(24)19(15)21/h5-7,9,12,14,22-24H,2-4,8,10-11H2,1H3/b7-5+,9-6+,22-13?. The van der Waals surface area contributed by atoms with Crippen LogP contribution < -0.4 is 0 Å². The number of hydrogen-bond acceptors (Lipinski definition) is 5. The molecule has 0 saturated heterocycles. The minimum Gasteiger partial charge on any atom is -0.507 e. The van der Waals surface area contributed by atoms with Crippen LogP contribution in [-0.2, 0) is 11.2 Å². The Kier molecular flexibility index (Phi) is 7.27. The largest absolute Gasteiger partial charge is 0.507 e. The van der Waals surface area contributed by atoms with Crippen LogP contribution in [0.2, 0.25) is 5.02 Å². The van der Waals surface area contributed by atoms with Gasteiger partial charge in [0.1, 0.15) is 23.2 Å². The first kappa shape index (κ1) is 20.0. The zero-order valence-electron chi connectivity index (χ0n) is 14.8. The number of hydrogen-bond donors (Lipinski definition) is 3. The Labute approximate surface area is 158 Å². The molecule has 0 amide bonds. The number of nitrogens with one attached hydrogen (secondary N) is 1. The molecule has 26 heavy (non-hydrogen) atoms. The highest BCUT2D eigenvalue weighted by molar-refractivity contribution is 6.33. The molecule has 0 radical (unpaired) electrons. The number of aromatic hydroxyl groups is 2. The highest BCUT2D eigenvalue weighted by atomic mass is 35.5. The highest BCUT2D eigenvalue weighted by Gasteiger charge is 2.25. The number of fused-ring (bicyclic) bond motifs is 1. The van der Waals surface area contributed by atoms with Gasteiger partial charge in [0.2, 0.25) is 0 Å². The van der Waals surface area contributed by atoms with E-state index in [2.05, 4.69) is 0 Å². The second-order valence-electron chi connectivity index (χ2n) is 6.29. The number of cyclic esters (lactones) is 1. The van der Waals surface area contributed by atoms with Crippen molar-refractivity contribution in [3.05, 3.63) is 46.5 Å². The van der Waals surface area contributed by atoms with Gasteiger partial charge in [-0.1, -0.05) is 43.2 Å². The molecule has 140 valence electrons. The number of rotatable bonds is 2. The van der Waals surface area contributed by atoms with Gasteiger partial charge in [-0.25, -0.2) is 4.79 Å². The van der Waals surface area contributed by atoms with E-state index in [-0.39, 0.29) is 40.1 Å². The van der Waals surface area contributed by atoms with Crippen molar-refractivity contribution in [2.24, 2.45) is 0 Å². The number of ether oxygens (including phenoxy) is 1. The summed E-state index contributed by atoms with van der Waals surface area (Å²) in [6.45, 7) is 2.01. The van der Waals surface area contributed by atoms with Gasteiger partial charge in [0.25, 0.3) is 0 Å². The first-order valence-electron chi connectivity index (χ1n) is 8.77. The molecule has 1 heterocycles. The molecule has 0 aliphatic carbocycles. The van der Waals surface area contributed by atoms with Gasteiger partial charge in [-0.15, -0.1) is 0 Å². The molecule has 0 aromatic heterocycles. The van der Waals surface area contributed by atoms with E-state index in [1.807, 2.05) is 25.2 Å². The summed E-state index contributed by atoms with van der Waals surface area (Å²) in [4.78, 5) is 12.7. The van der Waals surface area contributed by atoms with Crippen LogP contribution in [0.4, 0.5) is 0 Å². The summed E-state index contributed by atoms with van der Waals surface area (Å²) >= 11 is 6.16. The molecule has 1 atom stereocenters. The molecule has 1 aromatic rings. The van der Waals surface area contributed by atoms with Gasteiger partial charge in [0, 0.05) is 24.6 Å². The number of carbonyl (C=O) groups is 1. The summed E-state index contributed by atoms with van der Waals surface area (Å²) in [6.07, 6.45) is 11.1. The van der Waals surface area contributed by atoms with Gasteiger partial charge < -0.3 is 20.4 Å². The fourth-order valence-corrected chi connectivity index (χ4v) is 3.08. The maximum atomic E-state index is 12.7. The maximum absolute atomic E-state index is 12.7. The second kappa shape index (κ2) is 9.43. The van der Waals surface area contributed by atoms with Crippen LogP contribution in [-0.4, -0.2) is 28.0 Å². The third-order valence-electron chi connectivity index (χ3n) is 4.16. The molecule has 1 aromatic carbocycles. The van der Waals surface area contributed by atoms with Crippen LogP contribution in [0.5, 0.6) is 11.5 Å². The molecule has 0 fully saturated rings. The highest BCUT2D eigenvalue weighted by Crippen LogP contribution is 2.37. The lowest BCUT2D eigenvalue weighted by Gasteiger charge is -2.19. The number of carbonyl (C=O) groups excluding carboxylic acids is 1. The lowest BCUT2D eigenvalue weighted by molar-refractivity contribution is 0.0283. The quantitative estimate of drug-likeness (QED) is 0.503. The van der Waals surface area contributed by atoms with Crippen molar-refractivity contribution in [2.45, 2.75) is 51.6 Å². The van der Waals surface area contributed by atoms with Crippen molar-refractivity contribution in [3.8, 4) is 11.5 Å². The molecule has 5 nitrogen and oxygen atoms in total. The van der Waals surface area contributed by atoms with Gasteiger partial charge >= 0.3 is 5.97 Å². The summed E-state index contributed by atoms with van der Waals surface area (Å²) in [5.74, 6) is -1.43. The van der Waals surface area contributed by atoms with Crippen molar-refractivity contribution >= 4 is 23.3 Å². The van der Waals surface area contributed by atoms with E-state index >= 15 is 0 Å². The summed E-state index contributed by atoms with van der Waals surface area (Å²) in [5, 5.41) is 28.1. The SMILES string of the molecule is CCCC1C/C=C/CC/C=C/C(=N)Cc2c(Cl)c(O)cc(O)c2C(=O)O1. The van der Waals surface area contributed by atoms with Gasteiger partial charge in [0.05, 0.1) is 5.02 Å². The molecule has 3 N–H and O–H groups in total. The molecule has 6 heteroatoms. The Bertz CT molecular complexity index is 740. The molecule has 2 rings (SSSR count). The van der Waals surface area contributed by atoms with Crippen LogP contribution in [0.15, 0.2) is 30.4 Å². The molecule has 0 saturated carbocycles. The molecular formula is C20H24ClNO4. The van der Waals surface area contributed by atoms with E-state index in [0.29, 0.717) is 12.8 Å². The van der Waals surface area contributed by atoms with E-state index in [4.69, 9.17) is 21.7 Å². The first-order valence-corrected chi connectivity index (χ1v) is 9.15. The van der Waals surface area contributed by atoms with Crippen molar-refractivity contribution in [1.29, 1.82) is 5.41 Å². The Balaban J connectivity index is 2.48. The van der Waals surface area contributed by atoms with Crippen LogP contribution in [0.25, 0.3) is 0 Å². The Morgan fingerprint density at radius 2 is 1.96 bits per heavy atom. The summed E-state index contributed by atoms with van der Waals surface area (Å²) < 4.78 is 5.59. The molecule has 0 spiro atoms. The van der Waals surface area contributed by atoms with Crippen molar-refractivity contribution in [2.75, 3.05) is 0 Å². The predicted molar refractivity (Wildman–Crippen MR) is 102 cm³/mol. The average Bonchev–Trinajstić information content (AvgIpc) is 2.58. The van der Waals surface area contributed by atoms with E-state index < -0.39 is 11.7 Å². The number of benzene rings is 1. The van der Waals surface area contributed by atoms with Crippen LogP contribution in [0.3, 0.4) is 0 Å². The zero-order valence-corrected chi connectivity index (χ0v) is 15.6.